The standard InChI is InChI=1S/C11H17N5/c1-15(2)11-9(7-12)10(13)16(14-11)8-5-3-4-6-8/h8H,3-6,13H2,1-2H3. The second kappa shape index (κ2) is 4.05. The minimum atomic E-state index is 0.376. The van der Waals surface area contributed by atoms with Crippen molar-refractivity contribution in [2.24, 2.45) is 0 Å². The zero-order chi connectivity index (χ0) is 11.7. The zero-order valence-corrected chi connectivity index (χ0v) is 9.77. The lowest BCUT2D eigenvalue weighted by Crippen LogP contribution is -2.13. The van der Waals surface area contributed by atoms with Crippen LogP contribution in [0.25, 0.3) is 0 Å². The largest absolute Gasteiger partial charge is 0.383 e. The highest BCUT2D eigenvalue weighted by atomic mass is 15.4. The summed E-state index contributed by atoms with van der Waals surface area (Å²) >= 11 is 0. The van der Waals surface area contributed by atoms with Gasteiger partial charge in [-0.25, -0.2) is 4.68 Å². The Hall–Kier alpha value is -1.70. The second-order valence-corrected chi connectivity index (χ2v) is 4.47. The van der Waals surface area contributed by atoms with Gasteiger partial charge in [0.05, 0.1) is 6.04 Å². The van der Waals surface area contributed by atoms with Crippen molar-refractivity contribution >= 4 is 11.6 Å². The van der Waals surface area contributed by atoms with Gasteiger partial charge >= 0.3 is 0 Å². The topological polar surface area (TPSA) is 70.9 Å². The van der Waals surface area contributed by atoms with Crippen LogP contribution in [0.3, 0.4) is 0 Å². The molecule has 1 aliphatic carbocycles. The fourth-order valence-corrected chi connectivity index (χ4v) is 2.28. The molecule has 1 aromatic heterocycles. The maximum atomic E-state index is 9.09. The first-order chi connectivity index (χ1) is 7.65. The normalized spacial score (nSPS) is 16.3. The van der Waals surface area contributed by atoms with Gasteiger partial charge in [-0.2, -0.15) is 10.4 Å². The van der Waals surface area contributed by atoms with Crippen molar-refractivity contribution in [2.75, 3.05) is 24.7 Å². The highest BCUT2D eigenvalue weighted by Gasteiger charge is 2.24. The van der Waals surface area contributed by atoms with Gasteiger partial charge in [-0.05, 0) is 12.8 Å². The molecule has 0 aromatic carbocycles. The van der Waals surface area contributed by atoms with Crippen molar-refractivity contribution in [2.45, 2.75) is 31.7 Å². The van der Waals surface area contributed by atoms with E-state index in [0.717, 1.165) is 12.8 Å². The Morgan fingerprint density at radius 3 is 2.50 bits per heavy atom. The van der Waals surface area contributed by atoms with Crippen molar-refractivity contribution in [1.82, 2.24) is 9.78 Å². The van der Waals surface area contributed by atoms with Gasteiger partial charge in [0.1, 0.15) is 17.5 Å². The van der Waals surface area contributed by atoms with E-state index in [1.54, 1.807) is 0 Å². The van der Waals surface area contributed by atoms with Crippen LogP contribution in [0.5, 0.6) is 0 Å². The molecule has 0 radical (unpaired) electrons. The molecule has 0 saturated heterocycles. The molecule has 1 saturated carbocycles. The van der Waals surface area contributed by atoms with E-state index >= 15 is 0 Å². The van der Waals surface area contributed by atoms with Crippen LogP contribution in [0.4, 0.5) is 11.6 Å². The molecule has 1 aliphatic rings. The third-order valence-corrected chi connectivity index (χ3v) is 3.14. The van der Waals surface area contributed by atoms with Gasteiger partial charge in [-0.3, -0.25) is 0 Å². The molecule has 1 aromatic rings. The van der Waals surface area contributed by atoms with Crippen molar-refractivity contribution in [3.63, 3.8) is 0 Å². The minimum absolute atomic E-state index is 0.376. The third-order valence-electron chi connectivity index (χ3n) is 3.14. The summed E-state index contributed by atoms with van der Waals surface area (Å²) in [6, 6.07) is 2.51. The lowest BCUT2D eigenvalue weighted by atomic mass is 10.2. The Morgan fingerprint density at radius 2 is 2.06 bits per heavy atom. The molecule has 2 N–H and O–H groups in total. The number of rotatable bonds is 2. The summed E-state index contributed by atoms with van der Waals surface area (Å²) in [4.78, 5) is 1.83. The average Bonchev–Trinajstić information content (AvgIpc) is 2.84. The highest BCUT2D eigenvalue weighted by Crippen LogP contribution is 2.34. The van der Waals surface area contributed by atoms with Gasteiger partial charge in [0.2, 0.25) is 0 Å². The van der Waals surface area contributed by atoms with Crippen LogP contribution in [0.1, 0.15) is 37.3 Å². The number of nitrogens with two attached hydrogens (primary N) is 1. The van der Waals surface area contributed by atoms with E-state index in [0.29, 0.717) is 23.2 Å². The maximum Gasteiger partial charge on any atom is 0.170 e. The summed E-state index contributed by atoms with van der Waals surface area (Å²) in [5.41, 5.74) is 6.48. The van der Waals surface area contributed by atoms with Crippen LogP contribution in [-0.4, -0.2) is 23.9 Å². The summed E-state index contributed by atoms with van der Waals surface area (Å²) in [7, 11) is 3.75. The average molecular weight is 219 g/mol. The molecule has 2 rings (SSSR count). The van der Waals surface area contributed by atoms with Gasteiger partial charge in [0, 0.05) is 14.1 Å². The summed E-state index contributed by atoms with van der Waals surface area (Å²) < 4.78 is 1.83. The molecule has 5 nitrogen and oxygen atoms in total. The first kappa shape index (κ1) is 10.8. The Morgan fingerprint density at radius 1 is 1.44 bits per heavy atom. The van der Waals surface area contributed by atoms with Crippen LogP contribution >= 0.6 is 0 Å². The monoisotopic (exact) mass is 219 g/mol. The molecule has 5 heteroatoms. The van der Waals surface area contributed by atoms with Gasteiger partial charge in [0.15, 0.2) is 5.82 Å². The molecule has 86 valence electrons. The molecule has 0 spiro atoms. The molecule has 16 heavy (non-hydrogen) atoms. The SMILES string of the molecule is CN(C)c1nn(C2CCCC2)c(N)c1C#N. The fourth-order valence-electron chi connectivity index (χ4n) is 2.28. The zero-order valence-electron chi connectivity index (χ0n) is 9.77. The van der Waals surface area contributed by atoms with Crippen LogP contribution in [0.15, 0.2) is 0 Å². The Bertz CT molecular complexity index is 420. The molecule has 0 atom stereocenters. The van der Waals surface area contributed by atoms with Crippen molar-refractivity contribution < 1.29 is 0 Å². The van der Waals surface area contributed by atoms with Crippen LogP contribution in [0, 0.1) is 11.3 Å². The third kappa shape index (κ3) is 1.60. The molecular formula is C11H17N5. The molecule has 0 unspecified atom stereocenters. The van der Waals surface area contributed by atoms with Gasteiger partial charge in [-0.15, -0.1) is 0 Å². The lowest BCUT2D eigenvalue weighted by Gasteiger charge is -2.11. The van der Waals surface area contributed by atoms with E-state index in [9.17, 15) is 0 Å². The van der Waals surface area contributed by atoms with Gasteiger partial charge < -0.3 is 10.6 Å². The quantitative estimate of drug-likeness (QED) is 0.818. The Balaban J connectivity index is 2.43. The van der Waals surface area contributed by atoms with Crippen molar-refractivity contribution in [3.8, 4) is 6.07 Å². The first-order valence-corrected chi connectivity index (χ1v) is 5.60. The molecule has 1 fully saturated rings. The number of nitriles is 1. The lowest BCUT2D eigenvalue weighted by molar-refractivity contribution is 0.474. The minimum Gasteiger partial charge on any atom is -0.383 e. The highest BCUT2D eigenvalue weighted by molar-refractivity contribution is 5.64. The van der Waals surface area contributed by atoms with Gasteiger partial charge in [0.25, 0.3) is 0 Å². The Kier molecular flexibility index (Phi) is 2.73. The summed E-state index contributed by atoms with van der Waals surface area (Å²) in [5, 5.41) is 13.6. The number of hydrogen-bond donors (Lipinski definition) is 1. The van der Waals surface area contributed by atoms with E-state index in [2.05, 4.69) is 11.2 Å². The second-order valence-electron chi connectivity index (χ2n) is 4.47. The molecule has 1 heterocycles. The van der Waals surface area contributed by atoms with Gasteiger partial charge in [-0.1, -0.05) is 12.8 Å². The molecular weight excluding hydrogens is 202 g/mol. The molecule has 0 amide bonds. The summed E-state index contributed by atoms with van der Waals surface area (Å²) in [5.74, 6) is 1.19. The fraction of sp³-hybridized carbons (Fsp3) is 0.636. The number of nitrogen functional groups attached to an aromatic ring is 1. The van der Waals surface area contributed by atoms with E-state index in [4.69, 9.17) is 11.0 Å². The maximum absolute atomic E-state index is 9.09. The van der Waals surface area contributed by atoms with E-state index in [-0.39, 0.29) is 0 Å². The Labute approximate surface area is 95.4 Å². The van der Waals surface area contributed by atoms with E-state index in [1.165, 1.54) is 12.8 Å². The number of anilines is 2. The number of aromatic nitrogens is 2. The predicted octanol–water partition coefficient (Wildman–Crippen LogP) is 1.52. The molecule has 0 aliphatic heterocycles. The van der Waals surface area contributed by atoms with Crippen molar-refractivity contribution in [1.29, 1.82) is 5.26 Å². The van der Waals surface area contributed by atoms with E-state index < -0.39 is 0 Å². The van der Waals surface area contributed by atoms with Crippen molar-refractivity contribution in [3.05, 3.63) is 5.56 Å². The van der Waals surface area contributed by atoms with E-state index in [1.807, 2.05) is 23.7 Å². The number of nitrogens with zero attached hydrogens (tertiary/aromatic N) is 4. The molecule has 0 bridgehead atoms. The van der Waals surface area contributed by atoms with Crippen LogP contribution in [0.2, 0.25) is 0 Å². The van der Waals surface area contributed by atoms with Crippen LogP contribution in [-0.2, 0) is 0 Å². The van der Waals surface area contributed by atoms with Crippen LogP contribution < -0.4 is 10.6 Å². The number of hydrogen-bond acceptors (Lipinski definition) is 4. The summed E-state index contributed by atoms with van der Waals surface area (Å²) in [6.45, 7) is 0. The summed E-state index contributed by atoms with van der Waals surface area (Å²) in [6.07, 6.45) is 4.68. The smallest absolute Gasteiger partial charge is 0.170 e. The predicted molar refractivity (Wildman–Crippen MR) is 63.2 cm³/mol. The first-order valence-electron chi connectivity index (χ1n) is 5.60.